The van der Waals surface area contributed by atoms with Crippen LogP contribution in [0.25, 0.3) is 10.4 Å². The van der Waals surface area contributed by atoms with Crippen LogP contribution in [0.2, 0.25) is 5.04 Å². The van der Waals surface area contributed by atoms with Gasteiger partial charge in [-0.2, -0.15) is 5.26 Å². The number of methoxy groups -OCH3 is 1. The maximum atomic E-state index is 11.7. The van der Waals surface area contributed by atoms with Crippen LogP contribution in [0.5, 0.6) is 0 Å². The van der Waals surface area contributed by atoms with Crippen LogP contribution in [0, 0.1) is 17.2 Å². The van der Waals surface area contributed by atoms with E-state index in [0.29, 0.717) is 0 Å². The van der Waals surface area contributed by atoms with Gasteiger partial charge in [0, 0.05) is 24.5 Å². The normalized spacial score (nSPS) is 31.9. The topological polar surface area (TPSA) is 157 Å². The zero-order chi connectivity index (χ0) is 34.3. The minimum absolute atomic E-state index is 0.0275. The highest BCUT2D eigenvalue weighted by atomic mass is 28.4. The Bertz CT molecular complexity index is 1450. The monoisotopic (exact) mass is 666 g/mol. The predicted molar refractivity (Wildman–Crippen MR) is 175 cm³/mol. The Kier molecular flexibility index (Phi) is 9.71. The molecule has 0 bridgehead atoms. The van der Waals surface area contributed by atoms with E-state index in [-0.39, 0.29) is 20.0 Å². The number of nitrogens with zero attached hydrogens (tertiary/aromatic N) is 4. The fourth-order valence-electron chi connectivity index (χ4n) is 7.82. The number of ether oxygens (including phenoxy) is 6. The summed E-state index contributed by atoms with van der Waals surface area (Å²) < 4.78 is 45.2. The van der Waals surface area contributed by atoms with Crippen molar-refractivity contribution >= 4 is 18.7 Å². The van der Waals surface area contributed by atoms with Gasteiger partial charge in [0.15, 0.2) is 23.3 Å². The molecule has 254 valence electrons. The van der Waals surface area contributed by atoms with Gasteiger partial charge in [-0.3, -0.25) is 0 Å². The van der Waals surface area contributed by atoms with Crippen molar-refractivity contribution in [3.05, 3.63) is 71.1 Å². The van der Waals surface area contributed by atoms with E-state index in [1.54, 1.807) is 27.7 Å². The van der Waals surface area contributed by atoms with E-state index in [1.807, 2.05) is 42.5 Å². The van der Waals surface area contributed by atoms with Gasteiger partial charge in [-0.15, -0.1) is 0 Å². The summed E-state index contributed by atoms with van der Waals surface area (Å²) in [5.74, 6) is -3.27. The van der Waals surface area contributed by atoms with E-state index in [2.05, 4.69) is 55.1 Å². The van der Waals surface area contributed by atoms with E-state index in [4.69, 9.17) is 32.8 Å². The first-order chi connectivity index (χ1) is 22.1. The second-order valence-corrected chi connectivity index (χ2v) is 18.7. The summed E-state index contributed by atoms with van der Waals surface area (Å²) in [6.45, 7) is 13.2. The van der Waals surface area contributed by atoms with Crippen LogP contribution < -0.4 is 10.4 Å². The van der Waals surface area contributed by atoms with Crippen LogP contribution >= 0.6 is 0 Å². The molecule has 5 rings (SSSR count). The number of azide groups is 1. The van der Waals surface area contributed by atoms with Gasteiger partial charge < -0.3 is 38.0 Å². The number of hydrogen-bond acceptors (Lipinski definition) is 10. The summed E-state index contributed by atoms with van der Waals surface area (Å²) in [5.41, 5.74) is 6.83. The maximum Gasteiger partial charge on any atom is 0.261 e. The first-order valence-corrected chi connectivity index (χ1v) is 17.7. The maximum absolute atomic E-state index is 11.7. The molecule has 12 nitrogen and oxygen atoms in total. The Morgan fingerprint density at radius 1 is 1.02 bits per heavy atom. The second-order valence-electron chi connectivity index (χ2n) is 14.4. The number of fused-ring (bicyclic) bond motifs is 2. The number of rotatable bonds is 10. The summed E-state index contributed by atoms with van der Waals surface area (Å²) in [4.78, 5) is 3.20. The SMILES string of the molecule is COCO[C@@H]1[C@H](CO[Si](c2ccccc2)(c2ccccc2)C(C)(C)C)[C@](N=[N+]=[N-])([C@H](O)C#N)[C@@H]2OC(C)(C)O[C@@H]2C12COC(C)(C)O2. The highest BCUT2D eigenvalue weighted by Gasteiger charge is 2.76. The number of hydrogen-bond donors (Lipinski definition) is 1. The van der Waals surface area contributed by atoms with Crippen LogP contribution in [-0.4, -0.2) is 87.7 Å². The molecule has 7 atom stereocenters. The molecule has 0 radical (unpaired) electrons. The van der Waals surface area contributed by atoms with Crippen molar-refractivity contribution in [1.82, 2.24) is 0 Å². The van der Waals surface area contributed by atoms with Gasteiger partial charge in [0.1, 0.15) is 30.6 Å². The highest BCUT2D eigenvalue weighted by molar-refractivity contribution is 6.99. The highest BCUT2D eigenvalue weighted by Crippen LogP contribution is 2.57. The minimum atomic E-state index is -3.20. The lowest BCUT2D eigenvalue weighted by molar-refractivity contribution is -0.282. The minimum Gasteiger partial charge on any atom is -0.407 e. The van der Waals surface area contributed by atoms with Crippen LogP contribution in [0.4, 0.5) is 0 Å². The van der Waals surface area contributed by atoms with Gasteiger partial charge in [0.05, 0.1) is 12.7 Å². The van der Waals surface area contributed by atoms with E-state index < -0.39 is 66.4 Å². The molecule has 2 saturated heterocycles. The molecular weight excluding hydrogens is 620 g/mol. The second kappa shape index (κ2) is 12.9. The molecule has 2 aromatic rings. The number of aliphatic hydroxyl groups excluding tert-OH is 1. The van der Waals surface area contributed by atoms with E-state index in [1.165, 1.54) is 7.11 Å². The third kappa shape index (κ3) is 5.91. The molecule has 47 heavy (non-hydrogen) atoms. The van der Waals surface area contributed by atoms with E-state index in [9.17, 15) is 15.9 Å². The van der Waals surface area contributed by atoms with Gasteiger partial charge in [-0.1, -0.05) is 86.5 Å². The smallest absolute Gasteiger partial charge is 0.261 e. The molecule has 1 spiro atoms. The number of nitriles is 1. The Morgan fingerprint density at radius 2 is 1.60 bits per heavy atom. The molecule has 2 heterocycles. The lowest BCUT2D eigenvalue weighted by Crippen LogP contribution is -2.77. The van der Waals surface area contributed by atoms with Crippen molar-refractivity contribution in [3.63, 3.8) is 0 Å². The molecule has 0 aromatic heterocycles. The van der Waals surface area contributed by atoms with Crippen molar-refractivity contribution in [2.24, 2.45) is 11.0 Å². The van der Waals surface area contributed by atoms with Gasteiger partial charge in [0.25, 0.3) is 8.32 Å². The predicted octanol–water partition coefficient (Wildman–Crippen LogP) is 4.16. The molecule has 1 saturated carbocycles. The Morgan fingerprint density at radius 3 is 2.06 bits per heavy atom. The van der Waals surface area contributed by atoms with Crippen molar-refractivity contribution in [2.45, 2.75) is 101 Å². The molecule has 0 amide bonds. The summed E-state index contributed by atoms with van der Waals surface area (Å²) in [6, 6.07) is 22.1. The van der Waals surface area contributed by atoms with Crippen LogP contribution in [-0.2, 0) is 32.8 Å². The van der Waals surface area contributed by atoms with Crippen LogP contribution in [0.1, 0.15) is 48.5 Å². The average molecular weight is 667 g/mol. The molecule has 2 aromatic carbocycles. The van der Waals surface area contributed by atoms with Gasteiger partial charge in [-0.05, 0) is 48.6 Å². The largest absolute Gasteiger partial charge is 0.407 e. The third-order valence-corrected chi connectivity index (χ3v) is 14.6. The van der Waals surface area contributed by atoms with Crippen molar-refractivity contribution in [2.75, 3.05) is 27.1 Å². The fraction of sp³-hybridized carbons (Fsp3) is 0.618. The Hall–Kier alpha value is -2.86. The average Bonchev–Trinajstić information content (AvgIpc) is 3.54. The first-order valence-electron chi connectivity index (χ1n) is 15.8. The van der Waals surface area contributed by atoms with Gasteiger partial charge >= 0.3 is 0 Å². The van der Waals surface area contributed by atoms with Gasteiger partial charge in [0.2, 0.25) is 0 Å². The van der Waals surface area contributed by atoms with Crippen molar-refractivity contribution in [1.29, 1.82) is 5.26 Å². The summed E-state index contributed by atoms with van der Waals surface area (Å²) in [6.07, 6.45) is -4.97. The van der Waals surface area contributed by atoms with E-state index >= 15 is 0 Å². The number of aliphatic hydroxyl groups is 1. The summed E-state index contributed by atoms with van der Waals surface area (Å²) >= 11 is 0. The zero-order valence-corrected chi connectivity index (χ0v) is 29.4. The molecule has 3 aliphatic rings. The van der Waals surface area contributed by atoms with Gasteiger partial charge in [-0.25, -0.2) is 0 Å². The molecule has 3 fully saturated rings. The quantitative estimate of drug-likeness (QED) is 0.0982. The molecule has 1 N–H and O–H groups in total. The zero-order valence-electron chi connectivity index (χ0n) is 28.4. The third-order valence-electron chi connectivity index (χ3n) is 9.60. The molecular formula is C34H46N4O8Si. The number of benzene rings is 2. The standard InChI is InChI=1S/C34H46N4O8Si/c1-30(2,3)47(23-15-11-9-12-16-23,24-17-13-10-14-18-24)43-20-25-27(41-22-40-8)33(21-42-31(4,5)46-33)28-29(45-32(6,7)44-28)34(25,37-38-36)26(39)19-35/h9-18,25-29,39H,20-22H2,1-8H3/t25-,26+,27+,28-,29+,33?,34-/m0/s1. The summed E-state index contributed by atoms with van der Waals surface area (Å²) in [7, 11) is -1.70. The Balaban J connectivity index is 1.77. The first kappa shape index (κ1) is 35.4. The van der Waals surface area contributed by atoms with Crippen LogP contribution in [0.3, 0.4) is 0 Å². The summed E-state index contributed by atoms with van der Waals surface area (Å²) in [5, 5.41) is 27.9. The fourth-order valence-corrected chi connectivity index (χ4v) is 12.4. The van der Waals surface area contributed by atoms with Crippen LogP contribution in [0.15, 0.2) is 65.8 Å². The molecule has 1 unspecified atom stereocenters. The lowest BCUT2D eigenvalue weighted by Gasteiger charge is -2.57. The molecule has 1 aliphatic carbocycles. The Labute approximate surface area is 277 Å². The molecule has 13 heteroatoms. The van der Waals surface area contributed by atoms with Crippen molar-refractivity contribution < 1.29 is 38.0 Å². The van der Waals surface area contributed by atoms with Crippen molar-refractivity contribution in [3.8, 4) is 6.07 Å². The molecule has 2 aliphatic heterocycles. The lowest BCUT2D eigenvalue weighted by atomic mass is 9.60. The van der Waals surface area contributed by atoms with E-state index in [0.717, 1.165) is 10.4 Å².